The van der Waals surface area contributed by atoms with Gasteiger partial charge in [0.2, 0.25) is 0 Å². The molecule has 0 unspecified atom stereocenters. The normalized spacial score (nSPS) is 11.1. The SMILES string of the molecule is CCOC(=O)CCCOc1ccccc1Nc1ncnc2cnc(NCCCNC(=O)OC(C)(C)C)cc12. The van der Waals surface area contributed by atoms with Crippen molar-refractivity contribution in [3.63, 3.8) is 0 Å². The number of nitrogens with one attached hydrogen (secondary N) is 3. The summed E-state index contributed by atoms with van der Waals surface area (Å²) in [6, 6.07) is 9.41. The maximum Gasteiger partial charge on any atom is 0.407 e. The molecule has 3 aromatic rings. The molecule has 11 nitrogen and oxygen atoms in total. The van der Waals surface area contributed by atoms with Gasteiger partial charge in [0.25, 0.3) is 0 Å². The number of anilines is 3. The van der Waals surface area contributed by atoms with E-state index in [1.807, 2.05) is 51.1 Å². The molecule has 0 aliphatic carbocycles. The van der Waals surface area contributed by atoms with Crippen LogP contribution in [-0.4, -0.2) is 58.9 Å². The lowest BCUT2D eigenvalue weighted by Gasteiger charge is -2.19. The number of carbonyl (C=O) groups excluding carboxylic acids is 2. The van der Waals surface area contributed by atoms with E-state index in [-0.39, 0.29) is 5.97 Å². The Morgan fingerprint density at radius 1 is 1.03 bits per heavy atom. The highest BCUT2D eigenvalue weighted by Gasteiger charge is 2.15. The fraction of sp³-hybridized carbons (Fsp3) is 0.444. The van der Waals surface area contributed by atoms with Crippen molar-refractivity contribution in [1.29, 1.82) is 0 Å². The van der Waals surface area contributed by atoms with Crippen molar-refractivity contribution in [1.82, 2.24) is 20.3 Å². The number of pyridine rings is 1. The zero-order valence-corrected chi connectivity index (χ0v) is 22.4. The summed E-state index contributed by atoms with van der Waals surface area (Å²) in [4.78, 5) is 36.5. The second-order valence-corrected chi connectivity index (χ2v) is 9.40. The number of alkyl carbamates (subject to hydrolysis) is 1. The van der Waals surface area contributed by atoms with Crippen LogP contribution < -0.4 is 20.7 Å². The third kappa shape index (κ3) is 9.38. The Bertz CT molecular complexity index is 1210. The van der Waals surface area contributed by atoms with Crippen molar-refractivity contribution in [2.45, 2.75) is 52.6 Å². The van der Waals surface area contributed by atoms with Gasteiger partial charge in [0.05, 0.1) is 30.6 Å². The highest BCUT2D eigenvalue weighted by Crippen LogP contribution is 2.30. The Morgan fingerprint density at radius 3 is 2.63 bits per heavy atom. The predicted octanol–water partition coefficient (Wildman–Crippen LogP) is 4.82. The summed E-state index contributed by atoms with van der Waals surface area (Å²) in [5, 5.41) is 10.1. The molecule has 0 atom stereocenters. The van der Waals surface area contributed by atoms with E-state index in [0.29, 0.717) is 68.5 Å². The Hall–Kier alpha value is -4.15. The van der Waals surface area contributed by atoms with Crippen molar-refractivity contribution >= 4 is 40.3 Å². The highest BCUT2D eigenvalue weighted by atomic mass is 16.6. The molecule has 3 rings (SSSR count). The van der Waals surface area contributed by atoms with Gasteiger partial charge in [-0.25, -0.2) is 19.7 Å². The average Bonchev–Trinajstić information content (AvgIpc) is 2.86. The largest absolute Gasteiger partial charge is 0.491 e. The Balaban J connectivity index is 1.59. The number of ether oxygens (including phenoxy) is 3. The number of fused-ring (bicyclic) bond motifs is 1. The molecule has 0 spiro atoms. The Morgan fingerprint density at radius 2 is 1.84 bits per heavy atom. The molecule has 38 heavy (non-hydrogen) atoms. The first-order chi connectivity index (χ1) is 18.2. The molecular formula is C27H36N6O5. The molecule has 0 bridgehead atoms. The van der Waals surface area contributed by atoms with E-state index in [1.165, 1.54) is 6.33 Å². The second kappa shape index (κ2) is 14.0. The van der Waals surface area contributed by atoms with Crippen LogP contribution in [0.4, 0.5) is 22.1 Å². The van der Waals surface area contributed by atoms with Gasteiger partial charge >= 0.3 is 12.1 Å². The number of nitrogens with zero attached hydrogens (tertiary/aromatic N) is 3. The standard InChI is InChI=1S/C27H36N6O5/c1-5-36-24(34)12-8-15-37-22-11-7-6-10-20(22)33-25-19-16-23(30-17-21(19)31-18-32-25)28-13-9-14-29-26(35)38-27(2,3)4/h6-7,10-11,16-18H,5,8-9,12-15H2,1-4H3,(H,28,30)(H,29,35)(H,31,32,33). The van der Waals surface area contributed by atoms with E-state index in [0.717, 1.165) is 11.1 Å². The van der Waals surface area contributed by atoms with Crippen LogP contribution in [0.15, 0.2) is 42.9 Å². The summed E-state index contributed by atoms with van der Waals surface area (Å²) in [5.74, 6) is 1.69. The quantitative estimate of drug-likeness (QED) is 0.211. The van der Waals surface area contributed by atoms with Gasteiger partial charge in [0.1, 0.15) is 29.3 Å². The predicted molar refractivity (Wildman–Crippen MR) is 146 cm³/mol. The number of aromatic nitrogens is 3. The molecule has 0 radical (unpaired) electrons. The first kappa shape index (κ1) is 28.4. The van der Waals surface area contributed by atoms with Gasteiger partial charge < -0.3 is 30.2 Å². The fourth-order valence-electron chi connectivity index (χ4n) is 3.42. The Labute approximate surface area is 222 Å². The van der Waals surface area contributed by atoms with Crippen LogP contribution in [0.1, 0.15) is 47.0 Å². The lowest BCUT2D eigenvalue weighted by atomic mass is 10.2. The summed E-state index contributed by atoms with van der Waals surface area (Å²) >= 11 is 0. The maximum atomic E-state index is 11.8. The number of carbonyl (C=O) groups is 2. The highest BCUT2D eigenvalue weighted by molar-refractivity contribution is 5.92. The van der Waals surface area contributed by atoms with E-state index in [1.54, 1.807) is 13.1 Å². The van der Waals surface area contributed by atoms with Gasteiger partial charge in [-0.3, -0.25) is 4.79 Å². The third-order valence-electron chi connectivity index (χ3n) is 5.08. The molecule has 2 aromatic heterocycles. The number of hydrogen-bond acceptors (Lipinski definition) is 10. The minimum Gasteiger partial charge on any atom is -0.491 e. The third-order valence-corrected chi connectivity index (χ3v) is 5.08. The van der Waals surface area contributed by atoms with Crippen molar-refractivity contribution in [2.24, 2.45) is 0 Å². The summed E-state index contributed by atoms with van der Waals surface area (Å²) in [6.07, 6.45) is 4.27. The molecule has 0 saturated heterocycles. The molecule has 0 aliphatic rings. The molecule has 2 heterocycles. The first-order valence-corrected chi connectivity index (χ1v) is 12.7. The number of hydrogen-bond donors (Lipinski definition) is 3. The minimum absolute atomic E-state index is 0.229. The molecular weight excluding hydrogens is 488 g/mol. The average molecular weight is 525 g/mol. The van der Waals surface area contributed by atoms with E-state index in [4.69, 9.17) is 14.2 Å². The zero-order valence-electron chi connectivity index (χ0n) is 22.4. The van der Waals surface area contributed by atoms with E-state index in [2.05, 4.69) is 30.9 Å². The zero-order chi connectivity index (χ0) is 27.4. The number of benzene rings is 1. The first-order valence-electron chi connectivity index (χ1n) is 12.7. The minimum atomic E-state index is -0.526. The maximum absolute atomic E-state index is 11.8. The molecule has 0 fully saturated rings. The molecule has 11 heteroatoms. The van der Waals surface area contributed by atoms with Gasteiger partial charge in [-0.05, 0) is 58.7 Å². The van der Waals surface area contributed by atoms with Gasteiger partial charge in [0.15, 0.2) is 0 Å². The summed E-state index contributed by atoms with van der Waals surface area (Å²) in [5.41, 5.74) is 0.901. The molecule has 0 saturated carbocycles. The van der Waals surface area contributed by atoms with Crippen LogP contribution >= 0.6 is 0 Å². The van der Waals surface area contributed by atoms with Gasteiger partial charge in [0, 0.05) is 24.9 Å². The molecule has 3 N–H and O–H groups in total. The number of amides is 1. The van der Waals surface area contributed by atoms with Crippen LogP contribution in [0, 0.1) is 0 Å². The van der Waals surface area contributed by atoms with Crippen molar-refractivity contribution < 1.29 is 23.8 Å². The Kier molecular flexibility index (Phi) is 10.4. The smallest absolute Gasteiger partial charge is 0.407 e. The van der Waals surface area contributed by atoms with Crippen molar-refractivity contribution in [3.8, 4) is 5.75 Å². The van der Waals surface area contributed by atoms with Crippen LogP contribution in [0.2, 0.25) is 0 Å². The van der Waals surface area contributed by atoms with Crippen molar-refractivity contribution in [2.75, 3.05) is 36.9 Å². The number of rotatable bonds is 13. The van der Waals surface area contributed by atoms with Crippen molar-refractivity contribution in [3.05, 3.63) is 42.9 Å². The van der Waals surface area contributed by atoms with E-state index < -0.39 is 11.7 Å². The van der Waals surface area contributed by atoms with Gasteiger partial charge in [-0.1, -0.05) is 12.1 Å². The topological polar surface area (TPSA) is 137 Å². The monoisotopic (exact) mass is 524 g/mol. The lowest BCUT2D eigenvalue weighted by Crippen LogP contribution is -2.33. The van der Waals surface area contributed by atoms with Gasteiger partial charge in [-0.15, -0.1) is 0 Å². The number of para-hydroxylation sites is 2. The van der Waals surface area contributed by atoms with Gasteiger partial charge in [-0.2, -0.15) is 0 Å². The molecule has 0 aliphatic heterocycles. The number of esters is 1. The lowest BCUT2D eigenvalue weighted by molar-refractivity contribution is -0.143. The molecule has 1 amide bonds. The summed E-state index contributed by atoms with van der Waals surface area (Å²) in [6.45, 7) is 9.09. The molecule has 204 valence electrons. The van der Waals surface area contributed by atoms with Crippen LogP contribution in [0.3, 0.4) is 0 Å². The summed E-state index contributed by atoms with van der Waals surface area (Å²) < 4.78 is 16.1. The van der Waals surface area contributed by atoms with E-state index >= 15 is 0 Å². The molecule has 1 aromatic carbocycles. The van der Waals surface area contributed by atoms with Crippen LogP contribution in [-0.2, 0) is 14.3 Å². The second-order valence-electron chi connectivity index (χ2n) is 9.40. The summed E-state index contributed by atoms with van der Waals surface area (Å²) in [7, 11) is 0. The van der Waals surface area contributed by atoms with Crippen LogP contribution in [0.5, 0.6) is 5.75 Å². The van der Waals surface area contributed by atoms with Crippen LogP contribution in [0.25, 0.3) is 10.9 Å². The van der Waals surface area contributed by atoms with E-state index in [9.17, 15) is 9.59 Å². The fourth-order valence-corrected chi connectivity index (χ4v) is 3.42.